The van der Waals surface area contributed by atoms with Crippen molar-refractivity contribution in [3.05, 3.63) is 18.1 Å². The average Bonchev–Trinajstić information content (AvgIpc) is 2.37. The van der Waals surface area contributed by atoms with Gasteiger partial charge in [0, 0.05) is 24.3 Å². The van der Waals surface area contributed by atoms with Crippen LogP contribution in [0.4, 0.5) is 5.82 Å². The number of aromatic nitrogens is 2. The van der Waals surface area contributed by atoms with Gasteiger partial charge in [-0.15, -0.1) is 0 Å². The van der Waals surface area contributed by atoms with Crippen molar-refractivity contribution in [2.75, 3.05) is 11.9 Å². The summed E-state index contributed by atoms with van der Waals surface area (Å²) in [5, 5.41) is 3.46. The maximum absolute atomic E-state index is 5.88. The second kappa shape index (κ2) is 5.96. The van der Waals surface area contributed by atoms with E-state index in [1.54, 1.807) is 6.33 Å². The summed E-state index contributed by atoms with van der Waals surface area (Å²) in [6.07, 6.45) is 8.24. The number of rotatable bonds is 4. The molecule has 94 valence electrons. The van der Waals surface area contributed by atoms with E-state index in [9.17, 15) is 0 Å². The number of hydrogen-bond donors (Lipinski definition) is 2. The molecule has 1 aliphatic carbocycles. The van der Waals surface area contributed by atoms with E-state index in [0.717, 1.165) is 11.5 Å². The minimum absolute atomic E-state index is 0.351. The maximum atomic E-state index is 5.88. The fraction of sp³-hybridized carbons (Fsp3) is 0.692. The molecule has 1 saturated carbocycles. The van der Waals surface area contributed by atoms with Crippen LogP contribution in [0.3, 0.4) is 0 Å². The Morgan fingerprint density at radius 1 is 1.35 bits per heavy atom. The smallest absolute Gasteiger partial charge is 0.129 e. The molecule has 1 unspecified atom stereocenters. The van der Waals surface area contributed by atoms with Crippen LogP contribution in [0.15, 0.2) is 12.4 Å². The molecule has 0 saturated heterocycles. The highest BCUT2D eigenvalue weighted by atomic mass is 15.0. The van der Waals surface area contributed by atoms with Gasteiger partial charge in [0.25, 0.3) is 0 Å². The molecule has 3 N–H and O–H groups in total. The van der Waals surface area contributed by atoms with Crippen LogP contribution in [0.5, 0.6) is 0 Å². The van der Waals surface area contributed by atoms with Crippen molar-refractivity contribution in [2.24, 2.45) is 11.7 Å². The van der Waals surface area contributed by atoms with E-state index in [-0.39, 0.29) is 0 Å². The third-order valence-electron chi connectivity index (χ3n) is 3.61. The number of hydrogen-bond acceptors (Lipinski definition) is 4. The number of nitrogens with one attached hydrogen (secondary N) is 1. The molecule has 1 fully saturated rings. The SMILES string of the molecule is Cc1cc(NC(CN)C2CCCCC2)ncn1. The van der Waals surface area contributed by atoms with Crippen LogP contribution in [0, 0.1) is 12.8 Å². The molecule has 0 amide bonds. The zero-order valence-electron chi connectivity index (χ0n) is 10.5. The first-order chi connectivity index (χ1) is 8.29. The highest BCUT2D eigenvalue weighted by Gasteiger charge is 2.22. The second-order valence-corrected chi connectivity index (χ2v) is 4.93. The Morgan fingerprint density at radius 2 is 2.12 bits per heavy atom. The molecule has 0 bridgehead atoms. The molecular formula is C13H22N4. The van der Waals surface area contributed by atoms with Crippen LogP contribution in [-0.4, -0.2) is 22.6 Å². The van der Waals surface area contributed by atoms with Crippen LogP contribution < -0.4 is 11.1 Å². The fourth-order valence-corrected chi connectivity index (χ4v) is 2.63. The van der Waals surface area contributed by atoms with Crippen LogP contribution in [0.25, 0.3) is 0 Å². The minimum atomic E-state index is 0.351. The molecule has 4 heteroatoms. The van der Waals surface area contributed by atoms with Crippen molar-refractivity contribution < 1.29 is 0 Å². The van der Waals surface area contributed by atoms with Crippen LogP contribution in [0.2, 0.25) is 0 Å². The minimum Gasteiger partial charge on any atom is -0.366 e. The summed E-state index contributed by atoms with van der Waals surface area (Å²) in [5.74, 6) is 1.60. The van der Waals surface area contributed by atoms with Gasteiger partial charge in [0.05, 0.1) is 0 Å². The largest absolute Gasteiger partial charge is 0.366 e. The van der Waals surface area contributed by atoms with E-state index in [2.05, 4.69) is 15.3 Å². The van der Waals surface area contributed by atoms with E-state index in [1.165, 1.54) is 32.1 Å². The standard InChI is InChI=1S/C13H22N4/c1-10-7-13(16-9-15-10)17-12(8-14)11-5-3-2-4-6-11/h7,9,11-12H,2-6,8,14H2,1H3,(H,15,16,17). The van der Waals surface area contributed by atoms with Gasteiger partial charge in [0.2, 0.25) is 0 Å². The monoisotopic (exact) mass is 234 g/mol. The van der Waals surface area contributed by atoms with Crippen molar-refractivity contribution >= 4 is 5.82 Å². The Morgan fingerprint density at radius 3 is 2.76 bits per heavy atom. The lowest BCUT2D eigenvalue weighted by Gasteiger charge is -2.30. The molecule has 1 atom stereocenters. The van der Waals surface area contributed by atoms with Crippen molar-refractivity contribution in [1.82, 2.24) is 9.97 Å². The molecule has 1 aliphatic rings. The van der Waals surface area contributed by atoms with Crippen molar-refractivity contribution in [3.8, 4) is 0 Å². The summed E-state index contributed by atoms with van der Waals surface area (Å²) >= 11 is 0. The van der Waals surface area contributed by atoms with E-state index in [1.807, 2.05) is 13.0 Å². The number of nitrogens with two attached hydrogens (primary N) is 1. The van der Waals surface area contributed by atoms with Crippen LogP contribution in [-0.2, 0) is 0 Å². The first kappa shape index (κ1) is 12.3. The average molecular weight is 234 g/mol. The summed E-state index contributed by atoms with van der Waals surface area (Å²) in [7, 11) is 0. The first-order valence-electron chi connectivity index (χ1n) is 6.55. The van der Waals surface area contributed by atoms with E-state index >= 15 is 0 Å². The van der Waals surface area contributed by atoms with Gasteiger partial charge in [-0.05, 0) is 25.7 Å². The van der Waals surface area contributed by atoms with Gasteiger partial charge in [0.15, 0.2) is 0 Å². The zero-order valence-corrected chi connectivity index (χ0v) is 10.5. The Hall–Kier alpha value is -1.16. The van der Waals surface area contributed by atoms with Gasteiger partial charge in [-0.1, -0.05) is 19.3 Å². The lowest BCUT2D eigenvalue weighted by Crippen LogP contribution is -2.37. The van der Waals surface area contributed by atoms with Gasteiger partial charge >= 0.3 is 0 Å². The van der Waals surface area contributed by atoms with Crippen LogP contribution in [0.1, 0.15) is 37.8 Å². The predicted octanol–water partition coefficient (Wildman–Crippen LogP) is 2.10. The van der Waals surface area contributed by atoms with Crippen molar-refractivity contribution in [1.29, 1.82) is 0 Å². The van der Waals surface area contributed by atoms with E-state index < -0.39 is 0 Å². The maximum Gasteiger partial charge on any atom is 0.129 e. The third-order valence-corrected chi connectivity index (χ3v) is 3.61. The Bertz CT molecular complexity index is 347. The third kappa shape index (κ3) is 3.40. The lowest BCUT2D eigenvalue weighted by atomic mass is 9.84. The van der Waals surface area contributed by atoms with Gasteiger partial charge in [0.1, 0.15) is 12.1 Å². The molecule has 0 radical (unpaired) electrons. The molecule has 1 aromatic rings. The summed E-state index contributed by atoms with van der Waals surface area (Å²) in [5.41, 5.74) is 6.87. The van der Waals surface area contributed by atoms with E-state index in [4.69, 9.17) is 5.73 Å². The zero-order chi connectivity index (χ0) is 12.1. The highest BCUT2D eigenvalue weighted by Crippen LogP contribution is 2.27. The highest BCUT2D eigenvalue weighted by molar-refractivity contribution is 5.36. The molecule has 0 aliphatic heterocycles. The van der Waals surface area contributed by atoms with Crippen molar-refractivity contribution in [2.45, 2.75) is 45.1 Å². The summed E-state index contributed by atoms with van der Waals surface area (Å²) in [4.78, 5) is 8.35. The summed E-state index contributed by atoms with van der Waals surface area (Å²) in [6, 6.07) is 2.33. The van der Waals surface area contributed by atoms with Crippen LogP contribution >= 0.6 is 0 Å². The van der Waals surface area contributed by atoms with Gasteiger partial charge in [-0.3, -0.25) is 0 Å². The number of nitrogens with zero attached hydrogens (tertiary/aromatic N) is 2. The predicted molar refractivity (Wildman–Crippen MR) is 69.8 cm³/mol. The Labute approximate surface area is 103 Å². The second-order valence-electron chi connectivity index (χ2n) is 4.93. The molecule has 17 heavy (non-hydrogen) atoms. The number of anilines is 1. The molecular weight excluding hydrogens is 212 g/mol. The van der Waals surface area contributed by atoms with Gasteiger partial charge < -0.3 is 11.1 Å². The molecule has 4 nitrogen and oxygen atoms in total. The normalized spacial score (nSPS) is 18.9. The number of aryl methyl sites for hydroxylation is 1. The topological polar surface area (TPSA) is 63.8 Å². The fourth-order valence-electron chi connectivity index (χ4n) is 2.63. The van der Waals surface area contributed by atoms with E-state index in [0.29, 0.717) is 18.5 Å². The summed E-state index contributed by atoms with van der Waals surface area (Å²) < 4.78 is 0. The Balaban J connectivity index is 1.98. The van der Waals surface area contributed by atoms with Crippen molar-refractivity contribution in [3.63, 3.8) is 0 Å². The molecule has 2 rings (SSSR count). The summed E-state index contributed by atoms with van der Waals surface area (Å²) in [6.45, 7) is 2.65. The molecule has 0 spiro atoms. The molecule has 1 aromatic heterocycles. The molecule has 1 heterocycles. The lowest BCUT2D eigenvalue weighted by molar-refractivity contribution is 0.320. The Kier molecular flexibility index (Phi) is 4.31. The van der Waals surface area contributed by atoms with Gasteiger partial charge in [-0.25, -0.2) is 9.97 Å². The molecule has 0 aromatic carbocycles. The first-order valence-corrected chi connectivity index (χ1v) is 6.55. The quantitative estimate of drug-likeness (QED) is 0.837. The van der Waals surface area contributed by atoms with Gasteiger partial charge in [-0.2, -0.15) is 0 Å².